The van der Waals surface area contributed by atoms with Crippen LogP contribution in [0.4, 0.5) is 10.9 Å². The summed E-state index contributed by atoms with van der Waals surface area (Å²) in [6.45, 7) is 1.64. The molecule has 3 heterocycles. The maximum atomic E-state index is 11.0. The van der Waals surface area contributed by atoms with Crippen molar-refractivity contribution in [3.05, 3.63) is 57.2 Å². The molecule has 142 valence electrons. The Labute approximate surface area is 167 Å². The van der Waals surface area contributed by atoms with E-state index in [4.69, 9.17) is 5.11 Å². The van der Waals surface area contributed by atoms with E-state index in [2.05, 4.69) is 25.5 Å². The fourth-order valence-electron chi connectivity index (χ4n) is 2.72. The minimum atomic E-state index is -1.06. The molecule has 0 aliphatic heterocycles. The van der Waals surface area contributed by atoms with Gasteiger partial charge in [0, 0.05) is 17.4 Å². The first kappa shape index (κ1) is 18.4. The SMILES string of the molecule is Cc1c(Cc2nc(C(=O)O)cs2)nnc(Nc2nc3ccccc3s2)c1CO. The Morgan fingerprint density at radius 1 is 1.21 bits per heavy atom. The first-order valence-corrected chi connectivity index (χ1v) is 10.0. The number of rotatable bonds is 6. The first-order valence-electron chi connectivity index (χ1n) is 8.31. The number of benzene rings is 1. The number of carboxylic acids is 1. The molecule has 0 atom stereocenters. The van der Waals surface area contributed by atoms with Crippen molar-refractivity contribution in [2.75, 3.05) is 5.32 Å². The molecule has 3 aromatic heterocycles. The van der Waals surface area contributed by atoms with Gasteiger partial charge in [-0.15, -0.1) is 16.4 Å². The summed E-state index contributed by atoms with van der Waals surface area (Å²) in [5.41, 5.74) is 2.96. The predicted molar refractivity (Wildman–Crippen MR) is 107 cm³/mol. The van der Waals surface area contributed by atoms with E-state index in [0.717, 1.165) is 15.8 Å². The van der Waals surface area contributed by atoms with E-state index in [0.29, 0.717) is 33.6 Å². The van der Waals surface area contributed by atoms with Crippen LogP contribution in [0, 0.1) is 6.92 Å². The Balaban J connectivity index is 1.62. The molecule has 28 heavy (non-hydrogen) atoms. The zero-order valence-corrected chi connectivity index (χ0v) is 16.3. The minimum Gasteiger partial charge on any atom is -0.476 e. The largest absolute Gasteiger partial charge is 0.476 e. The number of nitrogens with one attached hydrogen (secondary N) is 1. The van der Waals surface area contributed by atoms with Gasteiger partial charge in [0.05, 0.1) is 27.5 Å². The van der Waals surface area contributed by atoms with Gasteiger partial charge < -0.3 is 15.5 Å². The molecule has 0 aliphatic rings. The van der Waals surface area contributed by atoms with Gasteiger partial charge in [-0.2, -0.15) is 5.10 Å². The van der Waals surface area contributed by atoms with Gasteiger partial charge in [-0.25, -0.2) is 14.8 Å². The molecule has 0 amide bonds. The molecule has 10 heteroatoms. The number of aliphatic hydroxyl groups is 1. The van der Waals surface area contributed by atoms with Crippen molar-refractivity contribution in [3.8, 4) is 0 Å². The monoisotopic (exact) mass is 413 g/mol. The van der Waals surface area contributed by atoms with Gasteiger partial charge in [-0.05, 0) is 24.6 Å². The number of aromatic carboxylic acids is 1. The normalized spacial score (nSPS) is 11.1. The Bertz CT molecular complexity index is 1140. The smallest absolute Gasteiger partial charge is 0.355 e. The highest BCUT2D eigenvalue weighted by atomic mass is 32.1. The molecule has 0 spiro atoms. The summed E-state index contributed by atoms with van der Waals surface area (Å²) < 4.78 is 1.05. The Kier molecular flexibility index (Phi) is 4.99. The topological polar surface area (TPSA) is 121 Å². The number of aliphatic hydroxyl groups excluding tert-OH is 1. The minimum absolute atomic E-state index is 0.0158. The van der Waals surface area contributed by atoms with E-state index in [1.54, 1.807) is 0 Å². The molecule has 0 aliphatic carbocycles. The maximum absolute atomic E-state index is 11.0. The highest BCUT2D eigenvalue weighted by Crippen LogP contribution is 2.30. The average molecular weight is 413 g/mol. The van der Waals surface area contributed by atoms with Gasteiger partial charge in [0.25, 0.3) is 0 Å². The van der Waals surface area contributed by atoms with Crippen LogP contribution in [-0.2, 0) is 13.0 Å². The fraction of sp³-hybridized carbons (Fsp3) is 0.167. The number of thiazole rings is 2. The summed E-state index contributed by atoms with van der Waals surface area (Å²) in [5, 5.41) is 33.3. The summed E-state index contributed by atoms with van der Waals surface area (Å²) in [5.74, 6) is -0.607. The van der Waals surface area contributed by atoms with Crippen LogP contribution in [0.1, 0.15) is 32.3 Å². The van der Waals surface area contributed by atoms with Gasteiger partial charge in [0.15, 0.2) is 16.6 Å². The lowest BCUT2D eigenvalue weighted by Gasteiger charge is -2.12. The lowest BCUT2D eigenvalue weighted by Crippen LogP contribution is -2.08. The van der Waals surface area contributed by atoms with E-state index in [1.807, 2.05) is 31.2 Å². The average Bonchev–Trinajstić information content (AvgIpc) is 3.30. The van der Waals surface area contributed by atoms with Crippen molar-refractivity contribution >= 4 is 49.8 Å². The third kappa shape index (κ3) is 3.57. The Hall–Kier alpha value is -2.95. The standard InChI is InChI=1S/C18H15N5O3S2/c1-9-10(7-24)16(21-18-20-11-4-2-3-5-14(11)28-18)23-22-12(9)6-15-19-13(8-27-15)17(25)26/h2-5,8,24H,6-7H2,1H3,(H,25,26)(H,20,21,23). The lowest BCUT2D eigenvalue weighted by molar-refractivity contribution is 0.0691. The molecule has 4 aromatic rings. The van der Waals surface area contributed by atoms with Crippen LogP contribution in [0.3, 0.4) is 0 Å². The van der Waals surface area contributed by atoms with Crippen molar-refractivity contribution in [1.82, 2.24) is 20.2 Å². The van der Waals surface area contributed by atoms with E-state index in [-0.39, 0.29) is 12.3 Å². The van der Waals surface area contributed by atoms with E-state index < -0.39 is 5.97 Å². The third-order valence-corrected chi connectivity index (χ3v) is 6.01. The molecule has 1 aromatic carbocycles. The van der Waals surface area contributed by atoms with Gasteiger partial charge in [0.1, 0.15) is 0 Å². The molecular formula is C18H15N5O3S2. The lowest BCUT2D eigenvalue weighted by atomic mass is 10.1. The second-order valence-electron chi connectivity index (χ2n) is 5.98. The maximum Gasteiger partial charge on any atom is 0.355 e. The summed E-state index contributed by atoms with van der Waals surface area (Å²) in [6, 6.07) is 7.81. The molecule has 0 radical (unpaired) electrons. The fourth-order valence-corrected chi connectivity index (χ4v) is 4.36. The molecule has 0 unspecified atom stereocenters. The summed E-state index contributed by atoms with van der Waals surface area (Å²) in [4.78, 5) is 19.6. The van der Waals surface area contributed by atoms with Crippen molar-refractivity contribution in [2.24, 2.45) is 0 Å². The molecule has 0 bridgehead atoms. The zero-order chi connectivity index (χ0) is 19.7. The van der Waals surface area contributed by atoms with Gasteiger partial charge in [-0.3, -0.25) is 0 Å². The van der Waals surface area contributed by atoms with Crippen molar-refractivity contribution in [2.45, 2.75) is 20.0 Å². The van der Waals surface area contributed by atoms with Gasteiger partial charge >= 0.3 is 5.97 Å². The second-order valence-corrected chi connectivity index (χ2v) is 7.95. The number of carboxylic acid groups (broad SMARTS) is 1. The van der Waals surface area contributed by atoms with Crippen LogP contribution in [-0.4, -0.2) is 36.3 Å². The molecule has 0 saturated carbocycles. The van der Waals surface area contributed by atoms with Crippen molar-refractivity contribution in [1.29, 1.82) is 0 Å². The van der Waals surface area contributed by atoms with E-state index in [1.165, 1.54) is 28.1 Å². The van der Waals surface area contributed by atoms with E-state index in [9.17, 15) is 9.90 Å². The Morgan fingerprint density at radius 2 is 2.04 bits per heavy atom. The number of hydrogen-bond acceptors (Lipinski definition) is 9. The number of fused-ring (bicyclic) bond motifs is 1. The van der Waals surface area contributed by atoms with Crippen LogP contribution in [0.25, 0.3) is 10.2 Å². The van der Waals surface area contributed by atoms with Crippen LogP contribution in [0.2, 0.25) is 0 Å². The Morgan fingerprint density at radius 3 is 2.75 bits per heavy atom. The number of para-hydroxylation sites is 1. The number of aromatic nitrogens is 4. The summed E-state index contributed by atoms with van der Waals surface area (Å²) >= 11 is 2.75. The van der Waals surface area contributed by atoms with Crippen LogP contribution in [0.5, 0.6) is 0 Å². The second kappa shape index (κ2) is 7.58. The van der Waals surface area contributed by atoms with Crippen molar-refractivity contribution in [3.63, 3.8) is 0 Å². The molecule has 8 nitrogen and oxygen atoms in total. The summed E-state index contributed by atoms with van der Waals surface area (Å²) in [6.07, 6.45) is 0.352. The molecule has 0 fully saturated rings. The van der Waals surface area contributed by atoms with Crippen LogP contribution >= 0.6 is 22.7 Å². The predicted octanol–water partition coefficient (Wildman–Crippen LogP) is 3.38. The number of hydrogen-bond donors (Lipinski definition) is 3. The number of carbonyl (C=O) groups is 1. The quantitative estimate of drug-likeness (QED) is 0.440. The highest BCUT2D eigenvalue weighted by molar-refractivity contribution is 7.22. The van der Waals surface area contributed by atoms with Crippen LogP contribution in [0.15, 0.2) is 29.6 Å². The molecule has 0 saturated heterocycles. The first-order chi connectivity index (χ1) is 13.5. The van der Waals surface area contributed by atoms with E-state index >= 15 is 0 Å². The zero-order valence-electron chi connectivity index (χ0n) is 14.7. The molecular weight excluding hydrogens is 398 g/mol. The number of anilines is 2. The van der Waals surface area contributed by atoms with Crippen LogP contribution < -0.4 is 5.32 Å². The summed E-state index contributed by atoms with van der Waals surface area (Å²) in [7, 11) is 0. The third-order valence-electron chi connectivity index (χ3n) is 4.21. The number of nitrogens with zero attached hydrogens (tertiary/aromatic N) is 4. The van der Waals surface area contributed by atoms with Gasteiger partial charge in [-0.1, -0.05) is 23.5 Å². The molecule has 3 N–H and O–H groups in total. The highest BCUT2D eigenvalue weighted by Gasteiger charge is 2.17. The molecule has 4 rings (SSSR count). The van der Waals surface area contributed by atoms with Crippen molar-refractivity contribution < 1.29 is 15.0 Å². The van der Waals surface area contributed by atoms with Gasteiger partial charge in [0.2, 0.25) is 0 Å².